The summed E-state index contributed by atoms with van der Waals surface area (Å²) in [4.78, 5) is 11.7. The van der Waals surface area contributed by atoms with E-state index >= 15 is 0 Å². The zero-order chi connectivity index (χ0) is 12.1. The van der Waals surface area contributed by atoms with Crippen molar-refractivity contribution in [2.24, 2.45) is 0 Å². The van der Waals surface area contributed by atoms with Gasteiger partial charge in [0.1, 0.15) is 5.75 Å². The molecule has 0 spiro atoms. The molecule has 0 aliphatic rings. The second kappa shape index (κ2) is 5.66. The van der Waals surface area contributed by atoms with E-state index in [9.17, 15) is 4.79 Å². The summed E-state index contributed by atoms with van der Waals surface area (Å²) >= 11 is 0. The van der Waals surface area contributed by atoms with Crippen molar-refractivity contribution in [1.82, 2.24) is 0 Å². The van der Waals surface area contributed by atoms with Gasteiger partial charge in [-0.3, -0.25) is 0 Å². The molecule has 1 atom stereocenters. The molecule has 1 aromatic carbocycles. The second-order valence-electron chi connectivity index (χ2n) is 3.88. The Balaban J connectivity index is 2.76. The fourth-order valence-electron chi connectivity index (χ4n) is 1.60. The van der Waals surface area contributed by atoms with Crippen molar-refractivity contribution in [3.8, 4) is 5.75 Å². The van der Waals surface area contributed by atoms with E-state index in [1.54, 1.807) is 0 Å². The van der Waals surface area contributed by atoms with E-state index in [1.165, 1.54) is 7.11 Å². The van der Waals surface area contributed by atoms with Crippen molar-refractivity contribution in [1.29, 1.82) is 0 Å². The molecule has 0 fully saturated rings. The number of hydrogen-bond donors (Lipinski definition) is 0. The third-order valence-electron chi connectivity index (χ3n) is 2.33. The smallest absolute Gasteiger partial charge is 0.340 e. The maximum Gasteiger partial charge on any atom is 0.340 e. The predicted molar refractivity (Wildman–Crippen MR) is 62.6 cm³/mol. The molecule has 1 aromatic rings. The maximum atomic E-state index is 11.7. The van der Waals surface area contributed by atoms with Crippen molar-refractivity contribution < 1.29 is 14.3 Å². The molecule has 0 aliphatic heterocycles. The molecule has 0 aliphatic carbocycles. The Kier molecular flexibility index (Phi) is 4.50. The van der Waals surface area contributed by atoms with Crippen LogP contribution in [-0.2, 0) is 9.53 Å². The molecule has 0 bridgehead atoms. The molecule has 0 aromatic heterocycles. The molecular weight excluding hydrogens is 204 g/mol. The first-order valence-corrected chi connectivity index (χ1v) is 5.39. The largest absolute Gasteiger partial charge is 0.425 e. The van der Waals surface area contributed by atoms with Gasteiger partial charge in [-0.1, -0.05) is 13.0 Å². The van der Waals surface area contributed by atoms with Crippen LogP contribution in [0.4, 0.5) is 0 Å². The molecule has 0 amide bonds. The van der Waals surface area contributed by atoms with Gasteiger partial charge in [-0.2, -0.15) is 0 Å². The minimum Gasteiger partial charge on any atom is -0.425 e. The Labute approximate surface area is 96.4 Å². The standard InChI is InChI=1S/C13H18O3/c1-5-12(15-4)13(14)16-11-7-9(2)6-10(3)8-11/h6-8,12H,5H2,1-4H3. The highest BCUT2D eigenvalue weighted by atomic mass is 16.6. The Morgan fingerprint density at radius 1 is 1.25 bits per heavy atom. The van der Waals surface area contributed by atoms with E-state index in [0.717, 1.165) is 11.1 Å². The molecule has 3 heteroatoms. The van der Waals surface area contributed by atoms with Crippen molar-refractivity contribution in [2.75, 3.05) is 7.11 Å². The molecule has 0 N–H and O–H groups in total. The second-order valence-corrected chi connectivity index (χ2v) is 3.88. The normalized spacial score (nSPS) is 12.2. The molecule has 1 unspecified atom stereocenters. The van der Waals surface area contributed by atoms with E-state index in [0.29, 0.717) is 12.2 Å². The maximum absolute atomic E-state index is 11.7. The summed E-state index contributed by atoms with van der Waals surface area (Å²) in [6.07, 6.45) is 0.126. The molecule has 0 heterocycles. The van der Waals surface area contributed by atoms with Gasteiger partial charge < -0.3 is 9.47 Å². The highest BCUT2D eigenvalue weighted by Crippen LogP contribution is 2.17. The van der Waals surface area contributed by atoms with Gasteiger partial charge in [-0.15, -0.1) is 0 Å². The Morgan fingerprint density at radius 3 is 2.25 bits per heavy atom. The number of rotatable bonds is 4. The summed E-state index contributed by atoms with van der Waals surface area (Å²) in [5, 5.41) is 0. The lowest BCUT2D eigenvalue weighted by atomic mass is 10.1. The van der Waals surface area contributed by atoms with E-state index in [2.05, 4.69) is 0 Å². The van der Waals surface area contributed by atoms with Crippen LogP contribution in [-0.4, -0.2) is 19.2 Å². The van der Waals surface area contributed by atoms with Gasteiger partial charge in [0.15, 0.2) is 6.10 Å². The minimum absolute atomic E-state index is 0.338. The highest BCUT2D eigenvalue weighted by Gasteiger charge is 2.17. The molecule has 0 saturated carbocycles. The number of esters is 1. The molecule has 16 heavy (non-hydrogen) atoms. The monoisotopic (exact) mass is 222 g/mol. The fourth-order valence-corrected chi connectivity index (χ4v) is 1.60. The first kappa shape index (κ1) is 12.7. The summed E-state index contributed by atoms with van der Waals surface area (Å²) in [7, 11) is 1.51. The van der Waals surface area contributed by atoms with Crippen LogP contribution in [0.5, 0.6) is 5.75 Å². The molecular formula is C13H18O3. The number of ether oxygens (including phenoxy) is 2. The van der Waals surface area contributed by atoms with Crippen LogP contribution in [0.25, 0.3) is 0 Å². The Hall–Kier alpha value is -1.35. The zero-order valence-electron chi connectivity index (χ0n) is 10.2. The highest BCUT2D eigenvalue weighted by molar-refractivity contribution is 5.77. The number of carbonyl (C=O) groups is 1. The molecule has 0 radical (unpaired) electrons. The molecule has 3 nitrogen and oxygen atoms in total. The number of hydrogen-bond acceptors (Lipinski definition) is 3. The predicted octanol–water partition coefficient (Wildman–Crippen LogP) is 2.63. The average molecular weight is 222 g/mol. The lowest BCUT2D eigenvalue weighted by Crippen LogP contribution is -2.26. The quantitative estimate of drug-likeness (QED) is 0.580. The summed E-state index contributed by atoms with van der Waals surface area (Å²) in [6.45, 7) is 5.83. The summed E-state index contributed by atoms with van der Waals surface area (Å²) in [5.41, 5.74) is 2.15. The van der Waals surface area contributed by atoms with E-state index in [-0.39, 0.29) is 5.97 Å². The third kappa shape index (κ3) is 3.35. The molecule has 88 valence electrons. The van der Waals surface area contributed by atoms with Crippen molar-refractivity contribution in [3.63, 3.8) is 0 Å². The van der Waals surface area contributed by atoms with Crippen LogP contribution in [0.15, 0.2) is 18.2 Å². The number of methoxy groups -OCH3 is 1. The van der Waals surface area contributed by atoms with Gasteiger partial charge in [-0.25, -0.2) is 4.79 Å². The van der Waals surface area contributed by atoms with Crippen LogP contribution < -0.4 is 4.74 Å². The average Bonchev–Trinajstić information content (AvgIpc) is 2.17. The van der Waals surface area contributed by atoms with Crippen molar-refractivity contribution in [3.05, 3.63) is 29.3 Å². The van der Waals surface area contributed by atoms with Crippen molar-refractivity contribution >= 4 is 5.97 Å². The SMILES string of the molecule is CCC(OC)C(=O)Oc1cc(C)cc(C)c1. The summed E-state index contributed by atoms with van der Waals surface area (Å²) in [5.74, 6) is 0.244. The van der Waals surface area contributed by atoms with Crippen LogP contribution in [0.3, 0.4) is 0 Å². The summed E-state index contributed by atoms with van der Waals surface area (Å²) in [6, 6.07) is 5.71. The van der Waals surface area contributed by atoms with Gasteiger partial charge in [0, 0.05) is 7.11 Å². The number of carbonyl (C=O) groups excluding carboxylic acids is 1. The lowest BCUT2D eigenvalue weighted by molar-refractivity contribution is -0.145. The molecule has 0 saturated heterocycles. The van der Waals surface area contributed by atoms with E-state index in [1.807, 2.05) is 39.0 Å². The van der Waals surface area contributed by atoms with Gasteiger partial charge in [0.05, 0.1) is 0 Å². The lowest BCUT2D eigenvalue weighted by Gasteiger charge is -2.12. The van der Waals surface area contributed by atoms with Gasteiger partial charge >= 0.3 is 5.97 Å². The van der Waals surface area contributed by atoms with E-state index < -0.39 is 6.10 Å². The first-order valence-electron chi connectivity index (χ1n) is 5.39. The topological polar surface area (TPSA) is 35.5 Å². The Bertz CT molecular complexity index is 347. The third-order valence-corrected chi connectivity index (χ3v) is 2.33. The van der Waals surface area contributed by atoms with Crippen LogP contribution >= 0.6 is 0 Å². The van der Waals surface area contributed by atoms with Crippen LogP contribution in [0, 0.1) is 13.8 Å². The van der Waals surface area contributed by atoms with E-state index in [4.69, 9.17) is 9.47 Å². The van der Waals surface area contributed by atoms with Gasteiger partial charge in [0.25, 0.3) is 0 Å². The fraction of sp³-hybridized carbons (Fsp3) is 0.462. The Morgan fingerprint density at radius 2 is 1.81 bits per heavy atom. The van der Waals surface area contributed by atoms with Crippen LogP contribution in [0.2, 0.25) is 0 Å². The van der Waals surface area contributed by atoms with Gasteiger partial charge in [0.2, 0.25) is 0 Å². The van der Waals surface area contributed by atoms with Gasteiger partial charge in [-0.05, 0) is 43.5 Å². The first-order chi connectivity index (χ1) is 7.56. The number of aryl methyl sites for hydroxylation is 2. The van der Waals surface area contributed by atoms with Crippen molar-refractivity contribution in [2.45, 2.75) is 33.3 Å². The number of benzene rings is 1. The molecule has 1 rings (SSSR count). The van der Waals surface area contributed by atoms with Crippen LogP contribution in [0.1, 0.15) is 24.5 Å². The summed E-state index contributed by atoms with van der Waals surface area (Å²) < 4.78 is 10.3. The minimum atomic E-state index is -0.485. The zero-order valence-corrected chi connectivity index (χ0v) is 10.2.